The summed E-state index contributed by atoms with van der Waals surface area (Å²) in [5, 5.41) is 6.18. The van der Waals surface area contributed by atoms with Gasteiger partial charge in [-0.3, -0.25) is 4.79 Å². The minimum Gasteiger partial charge on any atom is -0.361 e. The Hall–Kier alpha value is -1.69. The molecule has 0 saturated heterocycles. The van der Waals surface area contributed by atoms with Crippen molar-refractivity contribution in [1.82, 2.24) is 10.1 Å². The number of amides is 1. The molecule has 0 spiro atoms. The van der Waals surface area contributed by atoms with Gasteiger partial charge in [-0.25, -0.2) is 4.98 Å². The fraction of sp³-hybridized carbons (Fsp3) is 0.100. The first-order valence-electron chi connectivity index (χ1n) is 4.51. The molecule has 0 bridgehead atoms. The maximum atomic E-state index is 11.7. The number of rotatable bonds is 2. The van der Waals surface area contributed by atoms with Crippen molar-refractivity contribution in [3.63, 3.8) is 0 Å². The quantitative estimate of drug-likeness (QED) is 0.918. The number of hydrogen-bond donors (Lipinski definition) is 1. The summed E-state index contributed by atoms with van der Waals surface area (Å²) in [7, 11) is 0. The van der Waals surface area contributed by atoms with Gasteiger partial charge in [-0.15, -0.1) is 0 Å². The lowest BCUT2D eigenvalue weighted by molar-refractivity contribution is 0.102. The molecule has 6 heteroatoms. The zero-order chi connectivity index (χ0) is 11.5. The number of hydrogen-bond acceptors (Lipinski definition) is 4. The third kappa shape index (κ3) is 2.27. The van der Waals surface area contributed by atoms with Crippen LogP contribution in [0.1, 0.15) is 16.1 Å². The van der Waals surface area contributed by atoms with E-state index in [0.29, 0.717) is 17.1 Å². The summed E-state index contributed by atoms with van der Waals surface area (Å²) < 4.78 is 5.65. The van der Waals surface area contributed by atoms with Crippen LogP contribution in [0.5, 0.6) is 0 Å². The van der Waals surface area contributed by atoms with E-state index in [2.05, 4.69) is 31.4 Å². The van der Waals surface area contributed by atoms with E-state index in [4.69, 9.17) is 4.52 Å². The van der Waals surface area contributed by atoms with Crippen molar-refractivity contribution in [1.29, 1.82) is 0 Å². The van der Waals surface area contributed by atoms with Crippen molar-refractivity contribution in [2.75, 3.05) is 5.32 Å². The molecular formula is C10H8BrN3O2. The van der Waals surface area contributed by atoms with Gasteiger partial charge in [0, 0.05) is 10.7 Å². The standard InChI is InChI=1S/C10H8BrN3O2/c1-6-8(5-13-16-6)10(15)14-9-4-7(11)2-3-12-9/h2-5H,1H3,(H,12,14,15). The predicted octanol–water partition coefficient (Wildman–Crippen LogP) is 2.39. The summed E-state index contributed by atoms with van der Waals surface area (Å²) in [6, 6.07) is 3.49. The lowest BCUT2D eigenvalue weighted by Crippen LogP contribution is -2.13. The second-order valence-corrected chi connectivity index (χ2v) is 4.02. The first-order valence-corrected chi connectivity index (χ1v) is 5.30. The number of aromatic nitrogens is 2. The Balaban J connectivity index is 2.17. The number of carbonyl (C=O) groups is 1. The zero-order valence-electron chi connectivity index (χ0n) is 8.40. The summed E-state index contributed by atoms with van der Waals surface area (Å²) in [4.78, 5) is 15.7. The minimum absolute atomic E-state index is 0.288. The maximum Gasteiger partial charge on any atom is 0.262 e. The van der Waals surface area contributed by atoms with E-state index in [1.807, 2.05) is 0 Å². The van der Waals surface area contributed by atoms with E-state index in [1.165, 1.54) is 6.20 Å². The largest absolute Gasteiger partial charge is 0.361 e. The number of nitrogens with one attached hydrogen (secondary N) is 1. The van der Waals surface area contributed by atoms with Gasteiger partial charge in [0.1, 0.15) is 17.1 Å². The van der Waals surface area contributed by atoms with E-state index in [-0.39, 0.29) is 5.91 Å². The van der Waals surface area contributed by atoms with E-state index < -0.39 is 0 Å². The van der Waals surface area contributed by atoms with Crippen LogP contribution >= 0.6 is 15.9 Å². The molecule has 82 valence electrons. The minimum atomic E-state index is -0.288. The number of aryl methyl sites for hydroxylation is 1. The summed E-state index contributed by atoms with van der Waals surface area (Å²) in [6.07, 6.45) is 2.98. The third-order valence-corrected chi connectivity index (χ3v) is 2.45. The maximum absolute atomic E-state index is 11.7. The molecule has 0 fully saturated rings. The summed E-state index contributed by atoms with van der Waals surface area (Å²) >= 11 is 3.29. The van der Waals surface area contributed by atoms with Gasteiger partial charge in [0.15, 0.2) is 0 Å². The molecule has 1 amide bonds. The lowest BCUT2D eigenvalue weighted by atomic mass is 10.2. The van der Waals surface area contributed by atoms with E-state index in [9.17, 15) is 4.79 Å². The highest BCUT2D eigenvalue weighted by atomic mass is 79.9. The van der Waals surface area contributed by atoms with Crippen molar-refractivity contribution < 1.29 is 9.32 Å². The van der Waals surface area contributed by atoms with Crippen LogP contribution in [0.15, 0.2) is 33.5 Å². The van der Waals surface area contributed by atoms with Crippen LogP contribution in [0, 0.1) is 6.92 Å². The van der Waals surface area contributed by atoms with E-state index in [0.717, 1.165) is 4.47 Å². The molecule has 1 N–H and O–H groups in total. The van der Waals surface area contributed by atoms with Gasteiger partial charge in [-0.1, -0.05) is 21.1 Å². The first-order chi connectivity index (χ1) is 7.66. The van der Waals surface area contributed by atoms with Crippen molar-refractivity contribution in [2.24, 2.45) is 0 Å². The molecule has 2 heterocycles. The van der Waals surface area contributed by atoms with Gasteiger partial charge in [0.05, 0.1) is 6.20 Å². The summed E-state index contributed by atoms with van der Waals surface area (Å²) in [6.45, 7) is 1.68. The lowest BCUT2D eigenvalue weighted by Gasteiger charge is -2.02. The first kappa shape index (κ1) is 10.8. The van der Waals surface area contributed by atoms with Crippen molar-refractivity contribution >= 4 is 27.7 Å². The highest BCUT2D eigenvalue weighted by Gasteiger charge is 2.13. The molecule has 0 saturated carbocycles. The Bertz CT molecular complexity index is 524. The van der Waals surface area contributed by atoms with Crippen molar-refractivity contribution in [3.8, 4) is 0 Å². The number of anilines is 1. The molecule has 0 aliphatic carbocycles. The number of pyridine rings is 1. The molecule has 0 atom stereocenters. The zero-order valence-corrected chi connectivity index (χ0v) is 9.98. The van der Waals surface area contributed by atoms with Gasteiger partial charge >= 0.3 is 0 Å². The smallest absolute Gasteiger partial charge is 0.262 e. The Morgan fingerprint density at radius 2 is 2.38 bits per heavy atom. The van der Waals surface area contributed by atoms with Crippen molar-refractivity contribution in [2.45, 2.75) is 6.92 Å². The molecule has 5 nitrogen and oxygen atoms in total. The Morgan fingerprint density at radius 3 is 3.00 bits per heavy atom. The number of nitrogens with zero attached hydrogens (tertiary/aromatic N) is 2. The number of halogens is 1. The number of carbonyl (C=O) groups excluding carboxylic acids is 1. The predicted molar refractivity (Wildman–Crippen MR) is 61.1 cm³/mol. The van der Waals surface area contributed by atoms with Crippen LogP contribution in [-0.2, 0) is 0 Å². The Labute approximate surface area is 100.0 Å². The van der Waals surface area contributed by atoms with E-state index >= 15 is 0 Å². The molecule has 2 rings (SSSR count). The topological polar surface area (TPSA) is 68.0 Å². The summed E-state index contributed by atoms with van der Waals surface area (Å²) in [5.41, 5.74) is 0.404. The molecule has 0 unspecified atom stereocenters. The molecular weight excluding hydrogens is 274 g/mol. The van der Waals surface area contributed by atoms with Gasteiger partial charge in [0.2, 0.25) is 0 Å². The molecule has 0 aliphatic rings. The average Bonchev–Trinajstić information content (AvgIpc) is 2.64. The van der Waals surface area contributed by atoms with Gasteiger partial charge in [-0.2, -0.15) is 0 Å². The van der Waals surface area contributed by atoms with Crippen LogP contribution < -0.4 is 5.32 Å². The third-order valence-electron chi connectivity index (χ3n) is 1.96. The van der Waals surface area contributed by atoms with Crippen molar-refractivity contribution in [3.05, 3.63) is 40.3 Å². The van der Waals surface area contributed by atoms with Gasteiger partial charge in [-0.05, 0) is 19.1 Å². The monoisotopic (exact) mass is 281 g/mol. The van der Waals surface area contributed by atoms with Gasteiger partial charge in [0.25, 0.3) is 5.91 Å². The molecule has 0 radical (unpaired) electrons. The second kappa shape index (κ2) is 4.44. The van der Waals surface area contributed by atoms with Crippen LogP contribution in [-0.4, -0.2) is 16.0 Å². The van der Waals surface area contributed by atoms with Crippen LogP contribution in [0.2, 0.25) is 0 Å². The second-order valence-electron chi connectivity index (χ2n) is 3.11. The van der Waals surface area contributed by atoms with Gasteiger partial charge < -0.3 is 9.84 Å². The highest BCUT2D eigenvalue weighted by Crippen LogP contribution is 2.14. The SMILES string of the molecule is Cc1oncc1C(=O)Nc1cc(Br)ccn1. The van der Waals surface area contributed by atoms with Crippen LogP contribution in [0.25, 0.3) is 0 Å². The van der Waals surface area contributed by atoms with Crippen LogP contribution in [0.4, 0.5) is 5.82 Å². The van der Waals surface area contributed by atoms with Crippen LogP contribution in [0.3, 0.4) is 0 Å². The summed E-state index contributed by atoms with van der Waals surface area (Å²) in [5.74, 6) is 0.664. The molecule has 0 aromatic carbocycles. The highest BCUT2D eigenvalue weighted by molar-refractivity contribution is 9.10. The fourth-order valence-corrected chi connectivity index (χ4v) is 1.51. The molecule has 2 aromatic heterocycles. The molecule has 0 aliphatic heterocycles. The fourth-order valence-electron chi connectivity index (χ4n) is 1.17. The Kier molecular flexibility index (Phi) is 3.00. The Morgan fingerprint density at radius 1 is 1.56 bits per heavy atom. The normalized spacial score (nSPS) is 10.1. The molecule has 16 heavy (non-hydrogen) atoms. The van der Waals surface area contributed by atoms with E-state index in [1.54, 1.807) is 25.3 Å². The molecule has 2 aromatic rings. The average molecular weight is 282 g/mol.